The van der Waals surface area contributed by atoms with Crippen LogP contribution in [-0.2, 0) is 13.0 Å². The fraction of sp³-hybridized carbons (Fsp3) is 0.333. The van der Waals surface area contributed by atoms with Gasteiger partial charge in [-0.05, 0) is 24.5 Å². The lowest BCUT2D eigenvalue weighted by Gasteiger charge is -2.12. The van der Waals surface area contributed by atoms with Gasteiger partial charge in [0.25, 0.3) is 0 Å². The topological polar surface area (TPSA) is 51.0 Å². The molecule has 0 unspecified atom stereocenters. The van der Waals surface area contributed by atoms with Gasteiger partial charge in [0, 0.05) is 5.69 Å². The van der Waals surface area contributed by atoms with Gasteiger partial charge in [0.1, 0.15) is 0 Å². The summed E-state index contributed by atoms with van der Waals surface area (Å²) in [5.74, 6) is 0.602. The number of hydrogen-bond acceptors (Lipinski definition) is 4. The highest BCUT2D eigenvalue weighted by Gasteiger charge is 2.05. The highest BCUT2D eigenvalue weighted by atomic mass is 16.4. The Kier molecular flexibility index (Phi) is 3.19. The van der Waals surface area contributed by atoms with Crippen LogP contribution in [0.4, 0.5) is 5.69 Å². The molecular weight excluding hydrogens is 202 g/mol. The van der Waals surface area contributed by atoms with E-state index in [1.807, 2.05) is 0 Å². The van der Waals surface area contributed by atoms with E-state index in [0.29, 0.717) is 12.4 Å². The summed E-state index contributed by atoms with van der Waals surface area (Å²) >= 11 is 0. The van der Waals surface area contributed by atoms with Crippen molar-refractivity contribution in [1.29, 1.82) is 0 Å². The van der Waals surface area contributed by atoms with E-state index in [1.165, 1.54) is 23.2 Å². The van der Waals surface area contributed by atoms with Crippen LogP contribution in [0.1, 0.15) is 23.9 Å². The summed E-state index contributed by atoms with van der Waals surface area (Å²) in [4.78, 5) is 0. The Balaban J connectivity index is 2.14. The molecule has 0 amide bonds. The molecule has 0 radical (unpaired) electrons. The van der Waals surface area contributed by atoms with Crippen LogP contribution < -0.4 is 5.32 Å². The van der Waals surface area contributed by atoms with Crippen LogP contribution >= 0.6 is 0 Å². The van der Waals surface area contributed by atoms with Gasteiger partial charge in [0.15, 0.2) is 0 Å². The van der Waals surface area contributed by atoms with Gasteiger partial charge in [-0.2, -0.15) is 0 Å². The van der Waals surface area contributed by atoms with Crippen molar-refractivity contribution < 1.29 is 4.42 Å². The summed E-state index contributed by atoms with van der Waals surface area (Å²) in [5, 5.41) is 10.8. The summed E-state index contributed by atoms with van der Waals surface area (Å²) in [7, 11) is 0. The van der Waals surface area contributed by atoms with E-state index in [4.69, 9.17) is 4.42 Å². The molecule has 0 saturated heterocycles. The number of nitrogens with zero attached hydrogens (tertiary/aromatic N) is 2. The van der Waals surface area contributed by atoms with Gasteiger partial charge in [-0.1, -0.05) is 25.1 Å². The first-order valence-electron chi connectivity index (χ1n) is 5.38. The number of para-hydroxylation sites is 1. The highest BCUT2D eigenvalue weighted by molar-refractivity contribution is 5.57. The predicted octanol–water partition coefficient (Wildman–Crippen LogP) is 2.55. The summed E-state index contributed by atoms with van der Waals surface area (Å²) in [5.41, 5.74) is 3.71. The molecule has 0 bridgehead atoms. The molecule has 1 heterocycles. The van der Waals surface area contributed by atoms with Gasteiger partial charge < -0.3 is 9.73 Å². The fourth-order valence-corrected chi connectivity index (χ4v) is 1.71. The highest BCUT2D eigenvalue weighted by Crippen LogP contribution is 2.21. The van der Waals surface area contributed by atoms with Crippen molar-refractivity contribution in [2.45, 2.75) is 26.8 Å². The molecule has 4 heteroatoms. The summed E-state index contributed by atoms with van der Waals surface area (Å²) in [6.07, 6.45) is 2.35. The average Bonchev–Trinajstić information content (AvgIpc) is 2.80. The molecule has 0 aliphatic carbocycles. The van der Waals surface area contributed by atoms with Crippen LogP contribution in [-0.4, -0.2) is 10.2 Å². The van der Waals surface area contributed by atoms with E-state index in [0.717, 1.165) is 6.42 Å². The van der Waals surface area contributed by atoms with Crippen molar-refractivity contribution in [3.05, 3.63) is 41.6 Å². The van der Waals surface area contributed by atoms with Crippen molar-refractivity contribution in [2.75, 3.05) is 5.32 Å². The third-order valence-corrected chi connectivity index (χ3v) is 2.56. The van der Waals surface area contributed by atoms with Crippen LogP contribution in [0.25, 0.3) is 0 Å². The van der Waals surface area contributed by atoms with E-state index in [9.17, 15) is 0 Å². The van der Waals surface area contributed by atoms with Crippen LogP contribution in [0.3, 0.4) is 0 Å². The first-order chi connectivity index (χ1) is 7.81. The maximum atomic E-state index is 5.08. The second kappa shape index (κ2) is 4.79. The van der Waals surface area contributed by atoms with Crippen molar-refractivity contribution in [3.8, 4) is 0 Å². The zero-order chi connectivity index (χ0) is 11.4. The van der Waals surface area contributed by atoms with Crippen LogP contribution in [0.15, 0.2) is 29.0 Å². The Bertz CT molecular complexity index is 451. The lowest BCUT2D eigenvalue weighted by molar-refractivity contribution is 0.502. The number of nitrogens with one attached hydrogen (secondary N) is 1. The monoisotopic (exact) mass is 217 g/mol. The van der Waals surface area contributed by atoms with Crippen molar-refractivity contribution >= 4 is 5.69 Å². The predicted molar refractivity (Wildman–Crippen MR) is 62.2 cm³/mol. The molecule has 16 heavy (non-hydrogen) atoms. The van der Waals surface area contributed by atoms with Gasteiger partial charge in [-0.25, -0.2) is 0 Å². The molecule has 1 N–H and O–H groups in total. The lowest BCUT2D eigenvalue weighted by Crippen LogP contribution is -2.04. The normalized spacial score (nSPS) is 10.4. The van der Waals surface area contributed by atoms with E-state index >= 15 is 0 Å². The summed E-state index contributed by atoms with van der Waals surface area (Å²) in [6, 6.07) is 6.30. The van der Waals surface area contributed by atoms with Gasteiger partial charge >= 0.3 is 0 Å². The Morgan fingerprint density at radius 3 is 2.94 bits per heavy atom. The second-order valence-corrected chi connectivity index (χ2v) is 3.65. The van der Waals surface area contributed by atoms with Gasteiger partial charge in [0.2, 0.25) is 12.3 Å². The minimum Gasteiger partial charge on any atom is -0.426 e. The molecule has 84 valence electrons. The van der Waals surface area contributed by atoms with Crippen LogP contribution in [0.5, 0.6) is 0 Å². The van der Waals surface area contributed by atoms with Crippen molar-refractivity contribution in [3.63, 3.8) is 0 Å². The largest absolute Gasteiger partial charge is 0.426 e. The lowest BCUT2D eigenvalue weighted by atomic mass is 10.1. The number of aryl methyl sites for hydroxylation is 2. The third-order valence-electron chi connectivity index (χ3n) is 2.56. The molecule has 0 aliphatic rings. The van der Waals surface area contributed by atoms with Gasteiger partial charge in [0.05, 0.1) is 6.54 Å². The molecule has 1 aromatic heterocycles. The number of hydrogen-bond donors (Lipinski definition) is 1. The van der Waals surface area contributed by atoms with E-state index < -0.39 is 0 Å². The smallest absolute Gasteiger partial charge is 0.235 e. The average molecular weight is 217 g/mol. The van der Waals surface area contributed by atoms with Gasteiger partial charge in [-0.3, -0.25) is 0 Å². The second-order valence-electron chi connectivity index (χ2n) is 3.65. The molecule has 4 nitrogen and oxygen atoms in total. The van der Waals surface area contributed by atoms with Crippen molar-refractivity contribution in [2.24, 2.45) is 0 Å². The number of aromatic nitrogens is 2. The number of anilines is 1. The van der Waals surface area contributed by atoms with Gasteiger partial charge in [-0.15, -0.1) is 10.2 Å². The maximum Gasteiger partial charge on any atom is 0.235 e. The number of rotatable bonds is 4. The quantitative estimate of drug-likeness (QED) is 0.855. The molecular formula is C12H15N3O. The van der Waals surface area contributed by atoms with Crippen LogP contribution in [0, 0.1) is 6.92 Å². The molecule has 2 aromatic rings. The molecule has 0 fully saturated rings. The Hall–Kier alpha value is -1.84. The zero-order valence-electron chi connectivity index (χ0n) is 9.53. The Morgan fingerprint density at radius 2 is 2.25 bits per heavy atom. The molecule has 0 spiro atoms. The van der Waals surface area contributed by atoms with E-state index in [-0.39, 0.29) is 0 Å². The Labute approximate surface area is 94.7 Å². The van der Waals surface area contributed by atoms with Crippen LogP contribution in [0.2, 0.25) is 0 Å². The minimum atomic E-state index is 0.567. The molecule has 0 saturated carbocycles. The third kappa shape index (κ3) is 2.21. The summed E-state index contributed by atoms with van der Waals surface area (Å²) in [6.45, 7) is 4.81. The maximum absolute atomic E-state index is 5.08. The minimum absolute atomic E-state index is 0.567. The zero-order valence-corrected chi connectivity index (χ0v) is 9.53. The number of benzene rings is 1. The first kappa shape index (κ1) is 10.7. The molecule has 1 aromatic carbocycles. The molecule has 0 aliphatic heterocycles. The van der Waals surface area contributed by atoms with E-state index in [2.05, 4.69) is 47.6 Å². The standard InChI is InChI=1S/C12H15N3O/c1-3-10-6-4-5-9(2)12(10)13-7-11-15-14-8-16-11/h4-6,8,13H,3,7H2,1-2H3. The van der Waals surface area contributed by atoms with E-state index in [1.54, 1.807) is 0 Å². The Morgan fingerprint density at radius 1 is 1.38 bits per heavy atom. The SMILES string of the molecule is CCc1cccc(C)c1NCc1nnco1. The summed E-state index contributed by atoms with van der Waals surface area (Å²) < 4.78 is 5.08. The first-order valence-corrected chi connectivity index (χ1v) is 5.38. The van der Waals surface area contributed by atoms with Crippen molar-refractivity contribution in [1.82, 2.24) is 10.2 Å². The molecule has 2 rings (SSSR count). The fourth-order valence-electron chi connectivity index (χ4n) is 1.71. The molecule has 0 atom stereocenters.